The van der Waals surface area contributed by atoms with Crippen molar-refractivity contribution in [2.24, 2.45) is 11.3 Å². The zero-order chi connectivity index (χ0) is 30.2. The van der Waals surface area contributed by atoms with Gasteiger partial charge in [-0.2, -0.15) is 13.2 Å². The second-order valence-corrected chi connectivity index (χ2v) is 11.8. The third-order valence-corrected chi connectivity index (χ3v) is 9.25. The van der Waals surface area contributed by atoms with E-state index in [1.165, 1.54) is 34.1 Å². The number of benzene rings is 2. The molecule has 2 saturated heterocycles. The van der Waals surface area contributed by atoms with E-state index >= 15 is 0 Å². The average molecular weight is 610 g/mol. The van der Waals surface area contributed by atoms with Gasteiger partial charge in [0.05, 0.1) is 6.04 Å². The fraction of sp³-hybridized carbons (Fsp3) is 0.500. The lowest BCUT2D eigenvalue weighted by atomic mass is 9.67. The molecule has 12 heteroatoms. The van der Waals surface area contributed by atoms with Gasteiger partial charge in [0.2, 0.25) is 11.8 Å². The minimum absolute atomic E-state index is 0.0921. The van der Waals surface area contributed by atoms with Crippen LogP contribution in [0.15, 0.2) is 48.5 Å². The molecule has 0 aromatic heterocycles. The van der Waals surface area contributed by atoms with Crippen LogP contribution in [0.3, 0.4) is 0 Å². The van der Waals surface area contributed by atoms with Gasteiger partial charge in [0.25, 0.3) is 0 Å². The summed E-state index contributed by atoms with van der Waals surface area (Å²) in [6.07, 6.45) is -4.71. The molecule has 226 valence electrons. The van der Waals surface area contributed by atoms with Crippen LogP contribution in [0.5, 0.6) is 5.75 Å². The van der Waals surface area contributed by atoms with Gasteiger partial charge < -0.3 is 19.4 Å². The molecular formula is C30H32ClF4N3O4. The van der Waals surface area contributed by atoms with Crippen LogP contribution >= 0.6 is 11.6 Å². The first kappa shape index (κ1) is 30.1. The number of carbonyl (C=O) groups excluding carboxylic acids is 3. The van der Waals surface area contributed by atoms with E-state index in [0.717, 1.165) is 5.56 Å². The fourth-order valence-corrected chi connectivity index (χ4v) is 6.37. The fourth-order valence-electron chi connectivity index (χ4n) is 6.25. The number of nitrogens with zero attached hydrogens (tertiary/aromatic N) is 3. The first-order chi connectivity index (χ1) is 19.9. The Morgan fingerprint density at radius 1 is 0.952 bits per heavy atom. The largest absolute Gasteiger partial charge is 0.415 e. The molecule has 2 atom stereocenters. The van der Waals surface area contributed by atoms with Gasteiger partial charge in [-0.25, -0.2) is 9.18 Å². The first-order valence-corrected chi connectivity index (χ1v) is 14.4. The smallest absolute Gasteiger partial charge is 0.410 e. The predicted octanol–water partition coefficient (Wildman–Crippen LogP) is 5.88. The molecule has 3 amide bonds. The van der Waals surface area contributed by atoms with E-state index in [9.17, 15) is 31.9 Å². The lowest BCUT2D eigenvalue weighted by molar-refractivity contribution is -0.249. The molecule has 0 bridgehead atoms. The van der Waals surface area contributed by atoms with Crippen LogP contribution in [0.25, 0.3) is 0 Å². The summed E-state index contributed by atoms with van der Waals surface area (Å²) in [5.74, 6) is -2.02. The molecule has 1 unspecified atom stereocenters. The van der Waals surface area contributed by atoms with Gasteiger partial charge in [0.1, 0.15) is 17.0 Å². The summed E-state index contributed by atoms with van der Waals surface area (Å²) in [5, 5.41) is 0.542. The maximum Gasteiger partial charge on any atom is 0.415 e. The van der Waals surface area contributed by atoms with Crippen molar-refractivity contribution in [3.63, 3.8) is 0 Å². The molecule has 42 heavy (non-hydrogen) atoms. The third kappa shape index (κ3) is 5.80. The van der Waals surface area contributed by atoms with Crippen molar-refractivity contribution in [3.05, 3.63) is 64.9 Å². The van der Waals surface area contributed by atoms with E-state index in [1.807, 2.05) is 12.1 Å². The van der Waals surface area contributed by atoms with E-state index in [1.54, 1.807) is 24.1 Å². The highest BCUT2D eigenvalue weighted by Crippen LogP contribution is 2.54. The highest BCUT2D eigenvalue weighted by Gasteiger charge is 2.64. The van der Waals surface area contributed by atoms with E-state index in [4.69, 9.17) is 16.3 Å². The van der Waals surface area contributed by atoms with Gasteiger partial charge in [-0.15, -0.1) is 0 Å². The SMILES string of the molecule is CN(C(=O)Oc1ccc(F)cc1)[C@@H]1CN(C(=O)C2CCN(C(=O)C3(C(F)(F)F)CCC3)CC2)CC1c1ccc(Cl)cc1. The molecule has 3 aliphatic rings. The van der Waals surface area contributed by atoms with Crippen molar-refractivity contribution in [1.29, 1.82) is 0 Å². The molecule has 2 aromatic carbocycles. The number of ether oxygens (including phenoxy) is 1. The van der Waals surface area contributed by atoms with Crippen LogP contribution in [0.2, 0.25) is 5.02 Å². The monoisotopic (exact) mass is 609 g/mol. The minimum atomic E-state index is -4.58. The number of hydrogen-bond acceptors (Lipinski definition) is 4. The normalized spacial score (nSPS) is 22.4. The van der Waals surface area contributed by atoms with Crippen LogP contribution in [0.4, 0.5) is 22.4 Å². The van der Waals surface area contributed by atoms with Gasteiger partial charge in [0.15, 0.2) is 0 Å². The highest BCUT2D eigenvalue weighted by atomic mass is 35.5. The summed E-state index contributed by atoms with van der Waals surface area (Å²) in [6, 6.07) is 11.8. The van der Waals surface area contributed by atoms with Gasteiger partial charge in [-0.3, -0.25) is 9.59 Å². The molecule has 2 aromatic rings. The first-order valence-electron chi connectivity index (χ1n) is 14.0. The number of rotatable bonds is 5. The summed E-state index contributed by atoms with van der Waals surface area (Å²) in [7, 11) is 1.58. The zero-order valence-corrected chi connectivity index (χ0v) is 23.8. The van der Waals surface area contributed by atoms with Crippen LogP contribution in [0, 0.1) is 17.2 Å². The van der Waals surface area contributed by atoms with Crippen molar-refractivity contribution in [3.8, 4) is 5.75 Å². The molecule has 7 nitrogen and oxygen atoms in total. The lowest BCUT2D eigenvalue weighted by Crippen LogP contribution is -2.57. The zero-order valence-electron chi connectivity index (χ0n) is 23.1. The number of piperidine rings is 1. The number of halogens is 5. The van der Waals surface area contributed by atoms with Crippen molar-refractivity contribution in [2.45, 2.75) is 50.2 Å². The van der Waals surface area contributed by atoms with E-state index in [0.29, 0.717) is 18.0 Å². The number of likely N-dealkylation sites (N-methyl/N-ethyl adjacent to an activating group) is 1. The van der Waals surface area contributed by atoms with Crippen molar-refractivity contribution in [2.75, 3.05) is 33.2 Å². The molecular weight excluding hydrogens is 578 g/mol. The minimum Gasteiger partial charge on any atom is -0.410 e. The summed E-state index contributed by atoms with van der Waals surface area (Å²) < 4.78 is 59.8. The highest BCUT2D eigenvalue weighted by molar-refractivity contribution is 6.30. The van der Waals surface area contributed by atoms with Crippen molar-refractivity contribution < 1.29 is 36.7 Å². The standard InChI is InChI=1S/C30H32ClF4N3O4/c1-36(28(41)42-23-9-7-22(32)8-10-23)25-18-38(17-24(25)19-3-5-21(31)6-4-19)26(39)20-11-15-37(16-12-20)27(40)29(13-2-14-29)30(33,34)35/h3-10,20,24-25H,2,11-18H2,1H3/t24?,25-/m1/s1. The molecule has 0 radical (unpaired) electrons. The Kier molecular flexibility index (Phi) is 8.42. The lowest BCUT2D eigenvalue weighted by Gasteiger charge is -2.45. The Morgan fingerprint density at radius 2 is 1.57 bits per heavy atom. The van der Waals surface area contributed by atoms with Gasteiger partial charge in [-0.05, 0) is 67.6 Å². The summed E-state index contributed by atoms with van der Waals surface area (Å²) >= 11 is 6.08. The summed E-state index contributed by atoms with van der Waals surface area (Å²) in [6.45, 7) is 0.719. The molecule has 1 aliphatic carbocycles. The van der Waals surface area contributed by atoms with E-state index in [2.05, 4.69) is 0 Å². The van der Waals surface area contributed by atoms with Crippen LogP contribution in [-0.4, -0.2) is 78.1 Å². The second kappa shape index (κ2) is 11.7. The van der Waals surface area contributed by atoms with E-state index < -0.39 is 41.4 Å². The molecule has 5 rings (SSSR count). The number of hydrogen-bond donors (Lipinski definition) is 0. The maximum absolute atomic E-state index is 13.7. The molecule has 2 heterocycles. The second-order valence-electron chi connectivity index (χ2n) is 11.4. The summed E-state index contributed by atoms with van der Waals surface area (Å²) in [5.41, 5.74) is -1.41. The number of amides is 3. The topological polar surface area (TPSA) is 70.2 Å². The number of alkyl halides is 3. The van der Waals surface area contributed by atoms with Crippen LogP contribution in [-0.2, 0) is 9.59 Å². The Bertz CT molecular complexity index is 1310. The average Bonchev–Trinajstić information content (AvgIpc) is 3.38. The Hall–Kier alpha value is -3.34. The molecule has 2 aliphatic heterocycles. The van der Waals surface area contributed by atoms with Crippen LogP contribution in [0.1, 0.15) is 43.6 Å². The van der Waals surface area contributed by atoms with E-state index in [-0.39, 0.29) is 62.9 Å². The Balaban J connectivity index is 1.26. The molecule has 0 N–H and O–H groups in total. The predicted molar refractivity (Wildman–Crippen MR) is 146 cm³/mol. The Labute approximate surface area is 246 Å². The van der Waals surface area contributed by atoms with Crippen molar-refractivity contribution >= 4 is 29.5 Å². The van der Waals surface area contributed by atoms with Gasteiger partial charge in [0, 0.05) is 50.1 Å². The summed E-state index contributed by atoms with van der Waals surface area (Å²) in [4.78, 5) is 43.9. The molecule has 0 spiro atoms. The van der Waals surface area contributed by atoms with Crippen LogP contribution < -0.4 is 4.74 Å². The molecule has 1 saturated carbocycles. The quantitative estimate of drug-likeness (QED) is 0.397. The molecule has 3 fully saturated rings. The van der Waals surface area contributed by atoms with Crippen molar-refractivity contribution in [1.82, 2.24) is 14.7 Å². The number of carbonyl (C=O) groups is 3. The maximum atomic E-state index is 13.7. The van der Waals surface area contributed by atoms with Gasteiger partial charge in [-0.1, -0.05) is 30.2 Å². The third-order valence-electron chi connectivity index (χ3n) is 8.99. The van der Waals surface area contributed by atoms with Gasteiger partial charge >= 0.3 is 12.3 Å². The Morgan fingerprint density at radius 3 is 2.12 bits per heavy atom. The number of likely N-dealkylation sites (tertiary alicyclic amines) is 2.